The van der Waals surface area contributed by atoms with Crippen LogP contribution in [0.2, 0.25) is 0 Å². The second kappa shape index (κ2) is 7.22. The van der Waals surface area contributed by atoms with Crippen molar-refractivity contribution in [1.29, 1.82) is 0 Å². The largest absolute Gasteiger partial charge is 0.370 e. The van der Waals surface area contributed by atoms with Crippen LogP contribution in [0.4, 0.5) is 4.39 Å². The number of benzene rings is 2. The fourth-order valence-corrected chi connectivity index (χ4v) is 3.34. The first-order valence-corrected chi connectivity index (χ1v) is 8.68. The van der Waals surface area contributed by atoms with E-state index in [4.69, 9.17) is 4.74 Å². The van der Waals surface area contributed by atoms with Gasteiger partial charge in [0, 0.05) is 18.1 Å². The van der Waals surface area contributed by atoms with Crippen LogP contribution < -0.4 is 0 Å². The molecule has 1 amide bonds. The summed E-state index contributed by atoms with van der Waals surface area (Å²) in [4.78, 5) is 19.1. The molecule has 2 heterocycles. The maximum atomic E-state index is 13.1. The zero-order chi connectivity index (χ0) is 17.9. The van der Waals surface area contributed by atoms with Gasteiger partial charge in [0.15, 0.2) is 0 Å². The number of nitrogens with zero attached hydrogens (tertiary/aromatic N) is 2. The summed E-state index contributed by atoms with van der Waals surface area (Å²) in [6, 6.07) is 16.0. The average molecular weight is 350 g/mol. The molecular weight excluding hydrogens is 331 g/mol. The van der Waals surface area contributed by atoms with Gasteiger partial charge in [-0.3, -0.25) is 9.78 Å². The lowest BCUT2D eigenvalue weighted by atomic mass is 10.0. The van der Waals surface area contributed by atoms with Gasteiger partial charge in [0.2, 0.25) is 5.91 Å². The number of amides is 1. The quantitative estimate of drug-likeness (QED) is 0.726. The highest BCUT2D eigenvalue weighted by Crippen LogP contribution is 2.24. The van der Waals surface area contributed by atoms with Crippen LogP contribution in [-0.4, -0.2) is 35.5 Å². The number of fused-ring (bicyclic) bond motifs is 1. The third kappa shape index (κ3) is 3.44. The highest BCUT2D eigenvalue weighted by Gasteiger charge is 2.25. The number of para-hydroxylation sites is 1. The average Bonchev–Trinajstić information content (AvgIpc) is 2.69. The van der Waals surface area contributed by atoms with Crippen molar-refractivity contribution < 1.29 is 13.9 Å². The molecule has 2 aromatic carbocycles. The molecule has 0 unspecified atom stereocenters. The summed E-state index contributed by atoms with van der Waals surface area (Å²) in [5.74, 6) is -0.223. The summed E-state index contributed by atoms with van der Waals surface area (Å²) in [5.41, 5.74) is 2.68. The summed E-state index contributed by atoms with van der Waals surface area (Å²) in [7, 11) is 0. The third-order valence-electron chi connectivity index (χ3n) is 4.72. The van der Waals surface area contributed by atoms with E-state index in [0.717, 1.165) is 22.0 Å². The molecule has 132 valence electrons. The van der Waals surface area contributed by atoms with E-state index in [2.05, 4.69) is 4.98 Å². The van der Waals surface area contributed by atoms with Crippen molar-refractivity contribution in [3.05, 3.63) is 77.7 Å². The van der Waals surface area contributed by atoms with Crippen LogP contribution in [0.25, 0.3) is 10.9 Å². The molecular formula is C21H19FN2O2. The summed E-state index contributed by atoms with van der Waals surface area (Å²) < 4.78 is 18.9. The molecule has 4 rings (SSSR count). The molecule has 4 nitrogen and oxygen atoms in total. The Kier molecular flexibility index (Phi) is 4.63. The van der Waals surface area contributed by atoms with Gasteiger partial charge >= 0.3 is 0 Å². The Morgan fingerprint density at radius 2 is 1.96 bits per heavy atom. The normalized spacial score (nSPS) is 17.4. The second-order valence-electron chi connectivity index (χ2n) is 6.42. The number of rotatable bonds is 3. The van der Waals surface area contributed by atoms with Crippen LogP contribution in [-0.2, 0) is 16.0 Å². The lowest BCUT2D eigenvalue weighted by Crippen LogP contribution is -2.43. The molecule has 0 bridgehead atoms. The van der Waals surface area contributed by atoms with Gasteiger partial charge in [-0.1, -0.05) is 36.4 Å². The molecule has 26 heavy (non-hydrogen) atoms. The van der Waals surface area contributed by atoms with Crippen molar-refractivity contribution in [2.75, 3.05) is 19.7 Å². The van der Waals surface area contributed by atoms with Gasteiger partial charge < -0.3 is 9.64 Å². The first kappa shape index (κ1) is 16.7. The molecule has 1 saturated heterocycles. The third-order valence-corrected chi connectivity index (χ3v) is 4.72. The second-order valence-corrected chi connectivity index (χ2v) is 6.42. The van der Waals surface area contributed by atoms with Crippen molar-refractivity contribution in [3.63, 3.8) is 0 Å². The van der Waals surface area contributed by atoms with Crippen molar-refractivity contribution in [2.45, 2.75) is 12.5 Å². The van der Waals surface area contributed by atoms with Crippen molar-refractivity contribution >= 4 is 16.8 Å². The summed E-state index contributed by atoms with van der Waals surface area (Å²) >= 11 is 0. The van der Waals surface area contributed by atoms with E-state index in [-0.39, 0.29) is 17.8 Å². The number of aromatic nitrogens is 1. The van der Waals surface area contributed by atoms with Crippen LogP contribution in [0.5, 0.6) is 0 Å². The maximum Gasteiger partial charge on any atom is 0.227 e. The number of morpholine rings is 1. The Morgan fingerprint density at radius 1 is 1.15 bits per heavy atom. The molecule has 1 aromatic heterocycles. The highest BCUT2D eigenvalue weighted by molar-refractivity contribution is 5.87. The summed E-state index contributed by atoms with van der Waals surface area (Å²) in [6.07, 6.45) is 1.83. The minimum atomic E-state index is -0.277. The van der Waals surface area contributed by atoms with Crippen LogP contribution in [0.1, 0.15) is 17.2 Å². The standard InChI is InChI=1S/C21H19FN2O2/c22-18-8-6-15(7-9-18)19-14-24(11-12-26-19)20(25)13-17-4-1-3-16-5-2-10-23-21(16)17/h1-10,19H,11-14H2/t19-/m0/s1. The minimum Gasteiger partial charge on any atom is -0.370 e. The first-order chi connectivity index (χ1) is 12.7. The van der Waals surface area contributed by atoms with Gasteiger partial charge in [-0.15, -0.1) is 0 Å². The molecule has 5 heteroatoms. The fraction of sp³-hybridized carbons (Fsp3) is 0.238. The van der Waals surface area contributed by atoms with E-state index in [1.165, 1.54) is 12.1 Å². The molecule has 1 aliphatic heterocycles. The fourth-order valence-electron chi connectivity index (χ4n) is 3.34. The maximum absolute atomic E-state index is 13.1. The van der Waals surface area contributed by atoms with Crippen LogP contribution in [0, 0.1) is 5.82 Å². The Bertz CT molecular complexity index is 921. The molecule has 0 N–H and O–H groups in total. The number of carbonyl (C=O) groups excluding carboxylic acids is 1. The van der Waals surface area contributed by atoms with Gasteiger partial charge in [0.25, 0.3) is 0 Å². The van der Waals surface area contributed by atoms with Crippen molar-refractivity contribution in [3.8, 4) is 0 Å². The van der Waals surface area contributed by atoms with Gasteiger partial charge in [-0.05, 0) is 29.3 Å². The Labute approximate surface area is 151 Å². The molecule has 0 radical (unpaired) electrons. The number of ether oxygens (including phenoxy) is 1. The van der Waals surface area contributed by atoms with Crippen LogP contribution >= 0.6 is 0 Å². The molecule has 0 saturated carbocycles. The lowest BCUT2D eigenvalue weighted by molar-refractivity contribution is -0.138. The Hall–Kier alpha value is -2.79. The number of hydrogen-bond donors (Lipinski definition) is 0. The van der Waals surface area contributed by atoms with E-state index >= 15 is 0 Å². The molecule has 1 atom stereocenters. The zero-order valence-corrected chi connectivity index (χ0v) is 14.3. The van der Waals surface area contributed by atoms with Crippen LogP contribution in [0.15, 0.2) is 60.8 Å². The topological polar surface area (TPSA) is 42.4 Å². The van der Waals surface area contributed by atoms with E-state index in [0.29, 0.717) is 26.1 Å². The van der Waals surface area contributed by atoms with E-state index in [1.54, 1.807) is 18.3 Å². The van der Waals surface area contributed by atoms with E-state index < -0.39 is 0 Å². The predicted octanol–water partition coefficient (Wildman–Crippen LogP) is 3.52. The number of carbonyl (C=O) groups is 1. The van der Waals surface area contributed by atoms with Gasteiger partial charge in [0.1, 0.15) is 11.9 Å². The minimum absolute atomic E-state index is 0.0542. The monoisotopic (exact) mass is 350 g/mol. The highest BCUT2D eigenvalue weighted by atomic mass is 19.1. The Morgan fingerprint density at radius 3 is 2.81 bits per heavy atom. The van der Waals surface area contributed by atoms with E-state index in [9.17, 15) is 9.18 Å². The van der Waals surface area contributed by atoms with Crippen molar-refractivity contribution in [1.82, 2.24) is 9.88 Å². The smallest absolute Gasteiger partial charge is 0.227 e. The molecule has 1 fully saturated rings. The van der Waals surface area contributed by atoms with Crippen LogP contribution in [0.3, 0.4) is 0 Å². The summed E-state index contributed by atoms with van der Waals surface area (Å²) in [6.45, 7) is 1.51. The van der Waals surface area contributed by atoms with Gasteiger partial charge in [0.05, 0.1) is 25.1 Å². The SMILES string of the molecule is O=C(Cc1cccc2cccnc12)N1CCO[C@H](c2ccc(F)cc2)C1. The van der Waals surface area contributed by atoms with Gasteiger partial charge in [-0.25, -0.2) is 4.39 Å². The molecule has 1 aliphatic rings. The molecule has 0 spiro atoms. The molecule has 3 aromatic rings. The van der Waals surface area contributed by atoms with Gasteiger partial charge in [-0.2, -0.15) is 0 Å². The number of hydrogen-bond acceptors (Lipinski definition) is 3. The Balaban J connectivity index is 1.50. The molecule has 0 aliphatic carbocycles. The number of halogens is 1. The summed E-state index contributed by atoms with van der Waals surface area (Å²) in [5, 5.41) is 1.03. The lowest BCUT2D eigenvalue weighted by Gasteiger charge is -2.33. The predicted molar refractivity (Wildman–Crippen MR) is 97.1 cm³/mol. The van der Waals surface area contributed by atoms with E-state index in [1.807, 2.05) is 35.2 Å². The van der Waals surface area contributed by atoms with Crippen molar-refractivity contribution in [2.24, 2.45) is 0 Å². The first-order valence-electron chi connectivity index (χ1n) is 8.68. The number of pyridine rings is 1. The zero-order valence-electron chi connectivity index (χ0n) is 14.3.